The number of β-amino-alcohol motifs (C(OH)–C–C–N with tert-alkyl or cyclic N) is 1. The van der Waals surface area contributed by atoms with Gasteiger partial charge in [-0.15, -0.1) is 0 Å². The number of nitrogens with zero attached hydrogens (tertiary/aromatic N) is 5. The molecule has 3 heterocycles. The van der Waals surface area contributed by atoms with Crippen LogP contribution in [0.2, 0.25) is 0 Å². The highest BCUT2D eigenvalue weighted by Gasteiger charge is 2.37. The molecule has 3 rings (SSSR count). The molecule has 140 valence electrons. The van der Waals surface area contributed by atoms with Gasteiger partial charge in [0.2, 0.25) is 5.95 Å². The molecule has 1 amide bonds. The highest BCUT2D eigenvalue weighted by molar-refractivity contribution is 5.92. The Bertz CT molecular complexity index is 760. The number of hydrogen-bond donors (Lipinski definition) is 2. The Morgan fingerprint density at radius 3 is 2.77 bits per heavy atom. The number of amides is 1. The Kier molecular flexibility index (Phi) is 5.22. The van der Waals surface area contributed by atoms with Crippen LogP contribution < -0.4 is 10.2 Å². The summed E-state index contributed by atoms with van der Waals surface area (Å²) in [7, 11) is 0. The minimum Gasteiger partial charge on any atom is -0.386 e. The Morgan fingerprint density at radius 2 is 2.12 bits per heavy atom. The number of carbonyl (C=O) groups is 1. The molecule has 1 aliphatic heterocycles. The lowest BCUT2D eigenvalue weighted by molar-refractivity contribution is 0.0572. The molecule has 0 aromatic carbocycles. The number of aromatic nitrogens is 4. The van der Waals surface area contributed by atoms with Crippen molar-refractivity contribution in [2.45, 2.75) is 45.3 Å². The van der Waals surface area contributed by atoms with Crippen LogP contribution in [0.1, 0.15) is 49.3 Å². The second-order valence-electron chi connectivity index (χ2n) is 7.05. The zero-order valence-corrected chi connectivity index (χ0v) is 15.5. The molecule has 1 aliphatic rings. The van der Waals surface area contributed by atoms with Crippen LogP contribution in [0.5, 0.6) is 0 Å². The molecule has 2 aromatic rings. The molecule has 0 radical (unpaired) electrons. The lowest BCUT2D eigenvalue weighted by Crippen LogP contribution is -2.45. The summed E-state index contributed by atoms with van der Waals surface area (Å²) < 4.78 is 1.70. The van der Waals surface area contributed by atoms with E-state index in [1.165, 1.54) is 0 Å². The molecule has 26 heavy (non-hydrogen) atoms. The van der Waals surface area contributed by atoms with Gasteiger partial charge in [0.1, 0.15) is 11.3 Å². The van der Waals surface area contributed by atoms with E-state index in [9.17, 15) is 9.90 Å². The van der Waals surface area contributed by atoms with Gasteiger partial charge in [-0.3, -0.25) is 9.48 Å². The normalized spacial score (nSPS) is 20.0. The Labute approximate surface area is 153 Å². The molecule has 1 saturated heterocycles. The summed E-state index contributed by atoms with van der Waals surface area (Å²) in [6.45, 7) is 7.90. The lowest BCUT2D eigenvalue weighted by Gasteiger charge is -2.23. The van der Waals surface area contributed by atoms with Crippen LogP contribution in [0.4, 0.5) is 5.95 Å². The van der Waals surface area contributed by atoms with Crippen LogP contribution in [0.25, 0.3) is 0 Å². The molecule has 1 atom stereocenters. The highest BCUT2D eigenvalue weighted by Crippen LogP contribution is 2.24. The minimum absolute atomic E-state index is 0.182. The summed E-state index contributed by atoms with van der Waals surface area (Å²) in [5, 5.41) is 18.1. The van der Waals surface area contributed by atoms with Gasteiger partial charge in [0.05, 0.1) is 12.2 Å². The standard InChI is InChI=1S/C18H26N6O2/c1-4-24-15(10-14(22-24)13(2)3)16(25)21-11-18(26)6-9-23(12-18)17-19-7-5-8-20-17/h5,7-8,10,13,26H,4,6,9,11-12H2,1-3H3,(H,21,25). The number of rotatable bonds is 6. The predicted molar refractivity (Wildman–Crippen MR) is 98.1 cm³/mol. The minimum atomic E-state index is -0.993. The van der Waals surface area contributed by atoms with Crippen molar-refractivity contribution in [2.75, 3.05) is 24.5 Å². The van der Waals surface area contributed by atoms with Crippen molar-refractivity contribution in [1.82, 2.24) is 25.1 Å². The topological polar surface area (TPSA) is 96.2 Å². The molecule has 1 unspecified atom stereocenters. The molecule has 0 spiro atoms. The molecule has 0 bridgehead atoms. The summed E-state index contributed by atoms with van der Waals surface area (Å²) in [6, 6.07) is 3.58. The maximum atomic E-state index is 12.6. The summed E-state index contributed by atoms with van der Waals surface area (Å²) in [5.74, 6) is 0.641. The van der Waals surface area contributed by atoms with Crippen molar-refractivity contribution >= 4 is 11.9 Å². The van der Waals surface area contributed by atoms with E-state index in [-0.39, 0.29) is 18.4 Å². The van der Waals surface area contributed by atoms with Gasteiger partial charge in [0, 0.05) is 32.0 Å². The van der Waals surface area contributed by atoms with Crippen LogP contribution in [-0.4, -0.2) is 56.0 Å². The first-order chi connectivity index (χ1) is 12.4. The predicted octanol–water partition coefficient (Wildman–Crippen LogP) is 1.19. The average Bonchev–Trinajstić information content (AvgIpc) is 3.25. The van der Waals surface area contributed by atoms with E-state index in [0.29, 0.717) is 37.7 Å². The third-order valence-corrected chi connectivity index (χ3v) is 4.67. The molecular formula is C18H26N6O2. The first-order valence-corrected chi connectivity index (χ1v) is 9.02. The van der Waals surface area contributed by atoms with Crippen LogP contribution in [-0.2, 0) is 6.54 Å². The third kappa shape index (κ3) is 3.85. The van der Waals surface area contributed by atoms with Crippen molar-refractivity contribution in [3.05, 3.63) is 35.9 Å². The second-order valence-corrected chi connectivity index (χ2v) is 7.05. The van der Waals surface area contributed by atoms with Crippen molar-refractivity contribution in [2.24, 2.45) is 0 Å². The summed E-state index contributed by atoms with van der Waals surface area (Å²) >= 11 is 0. The molecule has 0 saturated carbocycles. The van der Waals surface area contributed by atoms with Crippen molar-refractivity contribution in [3.63, 3.8) is 0 Å². The van der Waals surface area contributed by atoms with Gasteiger partial charge in [-0.25, -0.2) is 9.97 Å². The molecular weight excluding hydrogens is 332 g/mol. The number of aliphatic hydroxyl groups is 1. The fourth-order valence-electron chi connectivity index (χ4n) is 3.10. The molecule has 2 N–H and O–H groups in total. The number of carbonyl (C=O) groups excluding carboxylic acids is 1. The van der Waals surface area contributed by atoms with Gasteiger partial charge in [-0.05, 0) is 31.4 Å². The van der Waals surface area contributed by atoms with E-state index in [1.807, 2.05) is 31.7 Å². The Balaban J connectivity index is 1.63. The monoisotopic (exact) mass is 358 g/mol. The molecule has 1 fully saturated rings. The van der Waals surface area contributed by atoms with Crippen LogP contribution >= 0.6 is 0 Å². The van der Waals surface area contributed by atoms with E-state index in [1.54, 1.807) is 23.1 Å². The third-order valence-electron chi connectivity index (χ3n) is 4.67. The summed E-state index contributed by atoms with van der Waals surface area (Å²) in [6.07, 6.45) is 3.91. The maximum Gasteiger partial charge on any atom is 0.269 e. The van der Waals surface area contributed by atoms with Gasteiger partial charge < -0.3 is 15.3 Å². The number of aryl methyl sites for hydroxylation is 1. The van der Waals surface area contributed by atoms with Crippen LogP contribution in [0.15, 0.2) is 24.5 Å². The summed E-state index contributed by atoms with van der Waals surface area (Å²) in [4.78, 5) is 23.0. The van der Waals surface area contributed by atoms with Gasteiger partial charge in [-0.1, -0.05) is 13.8 Å². The quantitative estimate of drug-likeness (QED) is 0.805. The number of hydrogen-bond acceptors (Lipinski definition) is 6. The zero-order chi connectivity index (χ0) is 18.7. The molecule has 2 aromatic heterocycles. The van der Waals surface area contributed by atoms with E-state index in [2.05, 4.69) is 20.4 Å². The molecule has 0 aliphatic carbocycles. The summed E-state index contributed by atoms with van der Waals surface area (Å²) in [5.41, 5.74) is 0.428. The largest absolute Gasteiger partial charge is 0.386 e. The first-order valence-electron chi connectivity index (χ1n) is 9.02. The Morgan fingerprint density at radius 1 is 1.38 bits per heavy atom. The fourth-order valence-corrected chi connectivity index (χ4v) is 3.10. The Hall–Kier alpha value is -2.48. The van der Waals surface area contributed by atoms with E-state index >= 15 is 0 Å². The highest BCUT2D eigenvalue weighted by atomic mass is 16.3. The first kappa shape index (κ1) is 18.3. The number of nitrogens with one attached hydrogen (secondary N) is 1. The molecule has 8 nitrogen and oxygen atoms in total. The van der Waals surface area contributed by atoms with Crippen molar-refractivity contribution < 1.29 is 9.90 Å². The zero-order valence-electron chi connectivity index (χ0n) is 15.5. The van der Waals surface area contributed by atoms with Crippen molar-refractivity contribution in [3.8, 4) is 0 Å². The molecule has 8 heteroatoms. The SMILES string of the molecule is CCn1nc(C(C)C)cc1C(=O)NCC1(O)CCN(c2ncccn2)C1. The smallest absolute Gasteiger partial charge is 0.269 e. The van der Waals surface area contributed by atoms with E-state index in [0.717, 1.165) is 5.69 Å². The van der Waals surface area contributed by atoms with Crippen LogP contribution in [0.3, 0.4) is 0 Å². The lowest BCUT2D eigenvalue weighted by atomic mass is 10.0. The number of anilines is 1. The van der Waals surface area contributed by atoms with Crippen LogP contribution in [0, 0.1) is 0 Å². The van der Waals surface area contributed by atoms with Gasteiger partial charge >= 0.3 is 0 Å². The fraction of sp³-hybridized carbons (Fsp3) is 0.556. The van der Waals surface area contributed by atoms with Gasteiger partial charge in [0.25, 0.3) is 5.91 Å². The maximum absolute atomic E-state index is 12.6. The average molecular weight is 358 g/mol. The second kappa shape index (κ2) is 7.41. The van der Waals surface area contributed by atoms with E-state index < -0.39 is 5.60 Å². The van der Waals surface area contributed by atoms with E-state index in [4.69, 9.17) is 0 Å². The van der Waals surface area contributed by atoms with Gasteiger partial charge in [-0.2, -0.15) is 5.10 Å². The van der Waals surface area contributed by atoms with Gasteiger partial charge in [0.15, 0.2) is 0 Å². The van der Waals surface area contributed by atoms with Crippen molar-refractivity contribution in [1.29, 1.82) is 0 Å².